The first-order chi connectivity index (χ1) is 10.9. The molecule has 0 saturated carbocycles. The lowest BCUT2D eigenvalue weighted by molar-refractivity contribution is -0.127. The third kappa shape index (κ3) is 5.07. The Bertz CT molecular complexity index is 644. The van der Waals surface area contributed by atoms with Gasteiger partial charge in [-0.05, 0) is 36.8 Å². The van der Waals surface area contributed by atoms with Crippen LogP contribution in [0.2, 0.25) is 0 Å². The lowest BCUT2D eigenvalue weighted by Gasteiger charge is -2.26. The largest absolute Gasteiger partial charge is 0.348 e. The zero-order chi connectivity index (χ0) is 17.0. The number of nitrogens with two attached hydrogens (primary N) is 1. The van der Waals surface area contributed by atoms with Crippen LogP contribution in [0.15, 0.2) is 16.9 Å². The number of hydrogen-bond acceptors (Lipinski definition) is 4. The van der Waals surface area contributed by atoms with Crippen molar-refractivity contribution in [3.8, 4) is 0 Å². The maximum Gasteiger partial charge on any atom is 0.248 e. The molecule has 0 aromatic carbocycles. The molecule has 1 aromatic rings. The Labute approximate surface area is 147 Å². The Morgan fingerprint density at radius 2 is 2.08 bits per heavy atom. The Morgan fingerprint density at radius 1 is 1.38 bits per heavy atom. The standard InChI is InChI=1S/C16H24N4O3.ClH/c1-9(2)15(17)16(23)18-8-14(22)20-12-5-3-4-11-10(12)6-7-13(21)19-11;/h6-7,9,12,15H,3-5,8,17H2,1-2H3,(H,18,23)(H,19,21)(H,20,22);1H/t12?,15-;/m0./s1. The number of pyridine rings is 1. The van der Waals surface area contributed by atoms with Gasteiger partial charge in [-0.3, -0.25) is 14.4 Å². The molecule has 2 amide bonds. The van der Waals surface area contributed by atoms with Crippen molar-refractivity contribution in [3.63, 3.8) is 0 Å². The van der Waals surface area contributed by atoms with Gasteiger partial charge in [-0.1, -0.05) is 13.8 Å². The van der Waals surface area contributed by atoms with E-state index in [-0.39, 0.29) is 48.3 Å². The molecule has 0 radical (unpaired) electrons. The fourth-order valence-electron chi connectivity index (χ4n) is 2.68. The highest BCUT2D eigenvalue weighted by molar-refractivity contribution is 5.87. The number of rotatable bonds is 5. The minimum Gasteiger partial charge on any atom is -0.348 e. The maximum absolute atomic E-state index is 12.0. The zero-order valence-corrected chi connectivity index (χ0v) is 14.7. The minimum atomic E-state index is -0.622. The van der Waals surface area contributed by atoms with Crippen LogP contribution in [0.25, 0.3) is 0 Å². The smallest absolute Gasteiger partial charge is 0.248 e. The van der Waals surface area contributed by atoms with Gasteiger partial charge in [0, 0.05) is 11.8 Å². The molecule has 0 fully saturated rings. The third-order valence-corrected chi connectivity index (χ3v) is 4.11. The monoisotopic (exact) mass is 356 g/mol. The van der Waals surface area contributed by atoms with E-state index in [1.165, 1.54) is 6.07 Å². The summed E-state index contributed by atoms with van der Waals surface area (Å²) in [5, 5.41) is 5.45. The number of H-pyrrole nitrogens is 1. The van der Waals surface area contributed by atoms with Gasteiger partial charge >= 0.3 is 0 Å². The molecule has 1 aliphatic rings. The Morgan fingerprint density at radius 3 is 2.75 bits per heavy atom. The number of aryl methyl sites for hydroxylation is 1. The number of aromatic nitrogens is 1. The molecule has 1 aromatic heterocycles. The van der Waals surface area contributed by atoms with Gasteiger partial charge in [0.25, 0.3) is 0 Å². The van der Waals surface area contributed by atoms with Crippen LogP contribution < -0.4 is 21.9 Å². The molecule has 8 heteroatoms. The molecule has 0 saturated heterocycles. The second-order valence-corrected chi connectivity index (χ2v) is 6.26. The van der Waals surface area contributed by atoms with Crippen molar-refractivity contribution < 1.29 is 9.59 Å². The number of nitrogens with one attached hydrogen (secondary N) is 3. The average molecular weight is 357 g/mol. The summed E-state index contributed by atoms with van der Waals surface area (Å²) in [6.45, 7) is 3.60. The predicted molar refractivity (Wildman–Crippen MR) is 94.0 cm³/mol. The number of hydrogen-bond donors (Lipinski definition) is 4. The fourth-order valence-corrected chi connectivity index (χ4v) is 2.68. The van der Waals surface area contributed by atoms with Crippen LogP contribution >= 0.6 is 12.4 Å². The maximum atomic E-state index is 12.0. The van der Waals surface area contributed by atoms with Crippen LogP contribution in [-0.4, -0.2) is 29.4 Å². The van der Waals surface area contributed by atoms with Crippen molar-refractivity contribution in [1.29, 1.82) is 0 Å². The number of aromatic amines is 1. The van der Waals surface area contributed by atoms with E-state index in [1.54, 1.807) is 6.07 Å². The number of fused-ring (bicyclic) bond motifs is 1. The summed E-state index contributed by atoms with van der Waals surface area (Å²) in [5.74, 6) is -0.581. The van der Waals surface area contributed by atoms with E-state index in [2.05, 4.69) is 15.6 Å². The van der Waals surface area contributed by atoms with Crippen molar-refractivity contribution in [1.82, 2.24) is 15.6 Å². The normalized spacial score (nSPS) is 17.4. The van der Waals surface area contributed by atoms with Crippen LogP contribution in [-0.2, 0) is 16.0 Å². The summed E-state index contributed by atoms with van der Waals surface area (Å²) in [6.07, 6.45) is 2.50. The zero-order valence-electron chi connectivity index (χ0n) is 13.9. The van der Waals surface area contributed by atoms with E-state index in [9.17, 15) is 14.4 Å². The topological polar surface area (TPSA) is 117 Å². The first-order valence-corrected chi connectivity index (χ1v) is 7.93. The number of amides is 2. The first kappa shape index (κ1) is 20.2. The van der Waals surface area contributed by atoms with Crippen molar-refractivity contribution >= 4 is 24.2 Å². The van der Waals surface area contributed by atoms with Crippen LogP contribution in [0, 0.1) is 5.92 Å². The van der Waals surface area contributed by atoms with E-state index < -0.39 is 6.04 Å². The van der Waals surface area contributed by atoms with Crippen LogP contribution in [0.4, 0.5) is 0 Å². The molecule has 2 atom stereocenters. The molecule has 2 rings (SSSR count). The first-order valence-electron chi connectivity index (χ1n) is 7.93. The molecule has 134 valence electrons. The van der Waals surface area contributed by atoms with E-state index in [4.69, 9.17) is 5.73 Å². The highest BCUT2D eigenvalue weighted by Gasteiger charge is 2.23. The summed E-state index contributed by atoms with van der Waals surface area (Å²) < 4.78 is 0. The van der Waals surface area contributed by atoms with Gasteiger partial charge in [0.15, 0.2) is 0 Å². The Balaban J connectivity index is 0.00000288. The lowest BCUT2D eigenvalue weighted by Crippen LogP contribution is -2.47. The number of carbonyl (C=O) groups is 2. The quantitative estimate of drug-likeness (QED) is 0.610. The molecule has 0 aliphatic heterocycles. The predicted octanol–water partition coefficient (Wildman–Crippen LogP) is 0.390. The van der Waals surface area contributed by atoms with Gasteiger partial charge in [-0.2, -0.15) is 0 Å². The van der Waals surface area contributed by atoms with Crippen molar-refractivity contribution in [2.24, 2.45) is 11.7 Å². The van der Waals surface area contributed by atoms with Crippen LogP contribution in [0.1, 0.15) is 44.0 Å². The highest BCUT2D eigenvalue weighted by atomic mass is 35.5. The van der Waals surface area contributed by atoms with Gasteiger partial charge in [0.05, 0.1) is 18.6 Å². The summed E-state index contributed by atoms with van der Waals surface area (Å²) in [6, 6.07) is 2.46. The van der Waals surface area contributed by atoms with Gasteiger partial charge in [-0.25, -0.2) is 0 Å². The average Bonchev–Trinajstić information content (AvgIpc) is 2.51. The van der Waals surface area contributed by atoms with Crippen LogP contribution in [0.5, 0.6) is 0 Å². The molecule has 1 aliphatic carbocycles. The van der Waals surface area contributed by atoms with Crippen LogP contribution in [0.3, 0.4) is 0 Å². The molecule has 1 heterocycles. The Kier molecular flexibility index (Phi) is 7.44. The van der Waals surface area contributed by atoms with Crippen molar-refractivity contribution in [3.05, 3.63) is 33.7 Å². The Hall–Kier alpha value is -1.86. The third-order valence-electron chi connectivity index (χ3n) is 4.11. The second kappa shape index (κ2) is 8.84. The van der Waals surface area contributed by atoms with E-state index in [1.807, 2.05) is 13.8 Å². The second-order valence-electron chi connectivity index (χ2n) is 6.26. The number of carbonyl (C=O) groups excluding carboxylic acids is 2. The van der Waals surface area contributed by atoms with Gasteiger partial charge in [0.1, 0.15) is 0 Å². The highest BCUT2D eigenvalue weighted by Crippen LogP contribution is 2.27. The molecule has 7 nitrogen and oxygen atoms in total. The van der Waals surface area contributed by atoms with Gasteiger partial charge in [-0.15, -0.1) is 12.4 Å². The van der Waals surface area contributed by atoms with Gasteiger partial charge in [0.2, 0.25) is 17.4 Å². The number of halogens is 1. The molecule has 0 spiro atoms. The molecular weight excluding hydrogens is 332 g/mol. The molecule has 5 N–H and O–H groups in total. The summed E-state index contributed by atoms with van der Waals surface area (Å²) >= 11 is 0. The summed E-state index contributed by atoms with van der Waals surface area (Å²) in [7, 11) is 0. The molecule has 0 bridgehead atoms. The molecule has 1 unspecified atom stereocenters. The molecule has 24 heavy (non-hydrogen) atoms. The van der Waals surface area contributed by atoms with Crippen molar-refractivity contribution in [2.45, 2.75) is 45.2 Å². The SMILES string of the molecule is CC(C)[C@H](N)C(=O)NCC(=O)NC1CCCc2[nH]c(=O)ccc21.Cl. The van der Waals surface area contributed by atoms with E-state index in [0.717, 1.165) is 30.5 Å². The summed E-state index contributed by atoms with van der Waals surface area (Å²) in [4.78, 5) is 38.0. The van der Waals surface area contributed by atoms with E-state index in [0.29, 0.717) is 0 Å². The lowest BCUT2D eigenvalue weighted by atomic mass is 9.91. The fraction of sp³-hybridized carbons (Fsp3) is 0.562. The summed E-state index contributed by atoms with van der Waals surface area (Å²) in [5.41, 5.74) is 7.41. The minimum absolute atomic E-state index is 0. The van der Waals surface area contributed by atoms with Gasteiger partial charge < -0.3 is 21.4 Å². The van der Waals surface area contributed by atoms with Crippen molar-refractivity contribution in [2.75, 3.05) is 6.54 Å². The molecular formula is C16H25ClN4O3. The van der Waals surface area contributed by atoms with E-state index >= 15 is 0 Å².